The molecule has 1 rings (SSSR count). The second-order valence-corrected chi connectivity index (χ2v) is 6.11. The van der Waals surface area contributed by atoms with E-state index in [0.717, 1.165) is 11.3 Å². The molecule has 5 nitrogen and oxygen atoms in total. The number of hydrogen-bond acceptors (Lipinski definition) is 3. The third-order valence-corrected chi connectivity index (χ3v) is 2.67. The van der Waals surface area contributed by atoms with Gasteiger partial charge in [0.05, 0.1) is 0 Å². The fourth-order valence-corrected chi connectivity index (χ4v) is 1.75. The van der Waals surface area contributed by atoms with Crippen molar-refractivity contribution in [3.63, 3.8) is 0 Å². The average Bonchev–Trinajstić information content (AvgIpc) is 2.28. The SMILES string of the molecule is Cc1ccccc1NC(=O)CC(C)NC(=O)OC(C)(C)C. The van der Waals surface area contributed by atoms with Crippen molar-refractivity contribution in [1.82, 2.24) is 5.32 Å². The van der Waals surface area contributed by atoms with E-state index in [1.165, 1.54) is 0 Å². The van der Waals surface area contributed by atoms with Crippen molar-refractivity contribution < 1.29 is 14.3 Å². The molecule has 0 fully saturated rings. The molecule has 0 aliphatic carbocycles. The fourth-order valence-electron chi connectivity index (χ4n) is 1.75. The minimum atomic E-state index is -0.548. The van der Waals surface area contributed by atoms with E-state index < -0.39 is 11.7 Å². The van der Waals surface area contributed by atoms with Gasteiger partial charge >= 0.3 is 6.09 Å². The highest BCUT2D eigenvalue weighted by Gasteiger charge is 2.19. The van der Waals surface area contributed by atoms with Crippen molar-refractivity contribution >= 4 is 17.7 Å². The van der Waals surface area contributed by atoms with Crippen LogP contribution in [-0.2, 0) is 9.53 Å². The van der Waals surface area contributed by atoms with Crippen molar-refractivity contribution in [2.24, 2.45) is 0 Å². The number of benzene rings is 1. The largest absolute Gasteiger partial charge is 0.444 e. The van der Waals surface area contributed by atoms with Crippen LogP contribution in [0.3, 0.4) is 0 Å². The molecule has 0 saturated heterocycles. The van der Waals surface area contributed by atoms with E-state index in [0.29, 0.717) is 0 Å². The van der Waals surface area contributed by atoms with Gasteiger partial charge in [-0.3, -0.25) is 4.79 Å². The van der Waals surface area contributed by atoms with E-state index in [4.69, 9.17) is 4.74 Å². The Morgan fingerprint density at radius 2 is 1.86 bits per heavy atom. The van der Waals surface area contributed by atoms with Crippen LogP contribution in [0.1, 0.15) is 39.7 Å². The lowest BCUT2D eigenvalue weighted by Gasteiger charge is -2.21. The number of hydrogen-bond donors (Lipinski definition) is 2. The first-order valence-corrected chi connectivity index (χ1v) is 7.02. The Labute approximate surface area is 126 Å². The molecular weight excluding hydrogens is 268 g/mol. The molecule has 0 aliphatic rings. The highest BCUT2D eigenvalue weighted by atomic mass is 16.6. The molecule has 21 heavy (non-hydrogen) atoms. The van der Waals surface area contributed by atoms with Crippen molar-refractivity contribution in [3.8, 4) is 0 Å². The summed E-state index contributed by atoms with van der Waals surface area (Å²) in [5, 5.41) is 5.48. The molecule has 1 atom stereocenters. The van der Waals surface area contributed by atoms with E-state index in [2.05, 4.69) is 10.6 Å². The molecule has 0 aliphatic heterocycles. The molecular formula is C16H24N2O3. The lowest BCUT2D eigenvalue weighted by atomic mass is 10.2. The summed E-state index contributed by atoms with van der Waals surface area (Å²) in [7, 11) is 0. The minimum Gasteiger partial charge on any atom is -0.444 e. The summed E-state index contributed by atoms with van der Waals surface area (Å²) in [4.78, 5) is 23.5. The van der Waals surface area contributed by atoms with Gasteiger partial charge in [0.2, 0.25) is 5.91 Å². The summed E-state index contributed by atoms with van der Waals surface area (Å²) in [6, 6.07) is 7.25. The summed E-state index contributed by atoms with van der Waals surface area (Å²) in [6.07, 6.45) is -0.327. The number of nitrogens with one attached hydrogen (secondary N) is 2. The number of carbonyl (C=O) groups excluding carboxylic acids is 2. The van der Waals surface area contributed by atoms with Crippen LogP contribution in [0.15, 0.2) is 24.3 Å². The highest BCUT2D eigenvalue weighted by Crippen LogP contribution is 2.13. The highest BCUT2D eigenvalue weighted by molar-refractivity contribution is 5.92. The van der Waals surface area contributed by atoms with Crippen LogP contribution >= 0.6 is 0 Å². The van der Waals surface area contributed by atoms with Crippen molar-refractivity contribution in [2.75, 3.05) is 5.32 Å². The van der Waals surface area contributed by atoms with Gasteiger partial charge in [-0.25, -0.2) is 4.79 Å². The van der Waals surface area contributed by atoms with E-state index in [1.807, 2.05) is 31.2 Å². The number of aryl methyl sites for hydroxylation is 1. The van der Waals surface area contributed by atoms with Crippen LogP contribution < -0.4 is 10.6 Å². The zero-order chi connectivity index (χ0) is 16.0. The summed E-state index contributed by atoms with van der Waals surface area (Å²) in [5.41, 5.74) is 1.23. The van der Waals surface area contributed by atoms with Gasteiger partial charge in [0.1, 0.15) is 5.60 Å². The van der Waals surface area contributed by atoms with Gasteiger partial charge < -0.3 is 15.4 Å². The number of carbonyl (C=O) groups is 2. The number of anilines is 1. The number of alkyl carbamates (subject to hydrolysis) is 1. The van der Waals surface area contributed by atoms with Gasteiger partial charge in [0.15, 0.2) is 0 Å². The molecule has 116 valence electrons. The molecule has 1 aromatic carbocycles. The quantitative estimate of drug-likeness (QED) is 0.895. The fraction of sp³-hybridized carbons (Fsp3) is 0.500. The molecule has 0 spiro atoms. The molecule has 2 amide bonds. The first kappa shape index (κ1) is 17.0. The number of amides is 2. The summed E-state index contributed by atoms with van der Waals surface area (Å²) in [6.45, 7) is 9.08. The average molecular weight is 292 g/mol. The second-order valence-electron chi connectivity index (χ2n) is 6.11. The first-order valence-electron chi connectivity index (χ1n) is 7.02. The number of para-hydroxylation sites is 1. The van der Waals surface area contributed by atoms with Crippen LogP contribution in [0.5, 0.6) is 0 Å². The Balaban J connectivity index is 2.44. The molecule has 1 aromatic rings. The normalized spacial score (nSPS) is 12.4. The molecule has 2 N–H and O–H groups in total. The Morgan fingerprint density at radius 3 is 2.43 bits per heavy atom. The number of ether oxygens (including phenoxy) is 1. The van der Waals surface area contributed by atoms with Gasteiger partial charge in [-0.05, 0) is 46.2 Å². The Bertz CT molecular complexity index is 506. The monoisotopic (exact) mass is 292 g/mol. The standard InChI is InChI=1S/C16H24N2O3/c1-11-8-6-7-9-13(11)18-14(19)10-12(2)17-15(20)21-16(3,4)5/h6-9,12H,10H2,1-5H3,(H,17,20)(H,18,19). The molecule has 0 heterocycles. The topological polar surface area (TPSA) is 67.4 Å². The lowest BCUT2D eigenvalue weighted by Crippen LogP contribution is -2.39. The lowest BCUT2D eigenvalue weighted by molar-refractivity contribution is -0.116. The maximum absolute atomic E-state index is 11.9. The van der Waals surface area contributed by atoms with E-state index in [9.17, 15) is 9.59 Å². The van der Waals surface area contributed by atoms with Crippen LogP contribution in [0.2, 0.25) is 0 Å². The molecule has 0 bridgehead atoms. The Kier molecular flexibility index (Phi) is 5.76. The van der Waals surface area contributed by atoms with Crippen LogP contribution in [0.4, 0.5) is 10.5 Å². The van der Waals surface area contributed by atoms with Crippen molar-refractivity contribution in [3.05, 3.63) is 29.8 Å². The van der Waals surface area contributed by atoms with Crippen LogP contribution in [0, 0.1) is 6.92 Å². The zero-order valence-electron chi connectivity index (χ0n) is 13.3. The van der Waals surface area contributed by atoms with Gasteiger partial charge in [0.25, 0.3) is 0 Å². The van der Waals surface area contributed by atoms with Gasteiger partial charge in [-0.15, -0.1) is 0 Å². The molecule has 0 saturated carbocycles. The zero-order valence-corrected chi connectivity index (χ0v) is 13.3. The predicted molar refractivity (Wildman–Crippen MR) is 83.3 cm³/mol. The van der Waals surface area contributed by atoms with E-state index in [1.54, 1.807) is 27.7 Å². The van der Waals surface area contributed by atoms with E-state index >= 15 is 0 Å². The van der Waals surface area contributed by atoms with Gasteiger partial charge in [-0.1, -0.05) is 18.2 Å². The smallest absolute Gasteiger partial charge is 0.407 e. The van der Waals surface area contributed by atoms with Crippen molar-refractivity contribution in [1.29, 1.82) is 0 Å². The Hall–Kier alpha value is -2.04. The number of rotatable bonds is 4. The molecule has 0 radical (unpaired) electrons. The third-order valence-electron chi connectivity index (χ3n) is 2.67. The molecule has 0 aromatic heterocycles. The Morgan fingerprint density at radius 1 is 1.24 bits per heavy atom. The summed E-state index contributed by atoms with van der Waals surface area (Å²) >= 11 is 0. The predicted octanol–water partition coefficient (Wildman–Crippen LogP) is 3.24. The van der Waals surface area contributed by atoms with E-state index in [-0.39, 0.29) is 18.4 Å². The second kappa shape index (κ2) is 7.11. The minimum absolute atomic E-state index is 0.146. The van der Waals surface area contributed by atoms with Gasteiger partial charge in [-0.2, -0.15) is 0 Å². The van der Waals surface area contributed by atoms with Crippen LogP contribution in [0.25, 0.3) is 0 Å². The maximum Gasteiger partial charge on any atom is 0.407 e. The summed E-state index contributed by atoms with van der Waals surface area (Å²) < 4.78 is 5.15. The molecule has 1 unspecified atom stereocenters. The summed E-state index contributed by atoms with van der Waals surface area (Å²) in [5.74, 6) is -0.146. The first-order chi connectivity index (χ1) is 9.67. The van der Waals surface area contributed by atoms with Crippen LogP contribution in [-0.4, -0.2) is 23.6 Å². The third kappa shape index (κ3) is 6.79. The van der Waals surface area contributed by atoms with Gasteiger partial charge in [0, 0.05) is 18.2 Å². The molecule has 5 heteroatoms. The maximum atomic E-state index is 11.9. The van der Waals surface area contributed by atoms with Crippen molar-refractivity contribution in [2.45, 2.75) is 52.7 Å².